The Morgan fingerprint density at radius 1 is 1.28 bits per heavy atom. The van der Waals surface area contributed by atoms with E-state index in [4.69, 9.17) is 4.65 Å². The molecule has 3 N–H and O–H groups in total. The van der Waals surface area contributed by atoms with E-state index in [9.17, 15) is 17.8 Å². The van der Waals surface area contributed by atoms with Crippen molar-refractivity contribution in [3.63, 3.8) is 0 Å². The number of halogens is 1. The number of pyridine rings is 1. The number of nitrogens with zero attached hydrogens (tertiary/aromatic N) is 1. The average molecular weight is 413 g/mol. The van der Waals surface area contributed by atoms with Crippen molar-refractivity contribution >= 4 is 33.7 Å². The van der Waals surface area contributed by atoms with Crippen molar-refractivity contribution in [2.75, 3.05) is 0 Å². The molecule has 0 atom stereocenters. The third-order valence-corrected chi connectivity index (χ3v) is 6.99. The molecule has 3 heterocycles. The first kappa shape index (κ1) is 18.4. The molecule has 1 aliphatic heterocycles. The van der Waals surface area contributed by atoms with Crippen molar-refractivity contribution in [2.45, 2.75) is 23.8 Å². The highest BCUT2D eigenvalue weighted by Crippen LogP contribution is 2.46. The van der Waals surface area contributed by atoms with Crippen molar-refractivity contribution < 1.29 is 22.5 Å². The number of H-pyrrole nitrogens is 1. The molecule has 148 valence electrons. The number of rotatable bonds is 4. The first-order valence-corrected chi connectivity index (χ1v) is 10.7. The van der Waals surface area contributed by atoms with Gasteiger partial charge in [0.1, 0.15) is 22.1 Å². The summed E-state index contributed by atoms with van der Waals surface area (Å²) in [5.74, 6) is 1.42. The summed E-state index contributed by atoms with van der Waals surface area (Å²) in [6, 6.07) is 6.90. The molecule has 10 heteroatoms. The van der Waals surface area contributed by atoms with Gasteiger partial charge in [-0.1, -0.05) is 12.1 Å². The minimum atomic E-state index is -3.94. The van der Waals surface area contributed by atoms with Crippen LogP contribution in [0.25, 0.3) is 16.6 Å². The van der Waals surface area contributed by atoms with E-state index < -0.39 is 23.0 Å². The molecule has 1 saturated carbocycles. The van der Waals surface area contributed by atoms with Gasteiger partial charge < -0.3 is 14.7 Å². The minimum Gasteiger partial charge on any atom is -0.531 e. The van der Waals surface area contributed by atoms with Crippen LogP contribution in [0, 0.1) is 11.7 Å². The molecule has 1 fully saturated rings. The van der Waals surface area contributed by atoms with Crippen LogP contribution in [-0.4, -0.2) is 36.6 Å². The van der Waals surface area contributed by atoms with Gasteiger partial charge in [-0.15, -0.1) is 0 Å². The summed E-state index contributed by atoms with van der Waals surface area (Å²) in [6.45, 7) is 0. The maximum atomic E-state index is 13.9. The summed E-state index contributed by atoms with van der Waals surface area (Å²) in [4.78, 5) is 6.99. The number of allylic oxidation sites excluding steroid dienone is 1. The van der Waals surface area contributed by atoms with Gasteiger partial charge in [-0.05, 0) is 48.5 Å². The standard InChI is InChI=1S/C19H17BFN3O4S/c21-15-3-1-2-4-17(15)29(26,27)24-12-7-11(8-12)14-9-20(25)28-16-10-23-19-13(18(14)16)5-6-22-19/h1-6,9-12,24-25H,7-8H2,(H,22,23)/t11-,12+. The molecule has 0 unspecified atom stereocenters. The average Bonchev–Trinajstić information content (AvgIpc) is 3.12. The molecule has 3 aromatic rings. The maximum Gasteiger partial charge on any atom is 0.552 e. The Labute approximate surface area is 166 Å². The van der Waals surface area contributed by atoms with E-state index in [1.807, 2.05) is 6.07 Å². The molecule has 5 rings (SSSR count). The summed E-state index contributed by atoms with van der Waals surface area (Å²) in [6.07, 6.45) is 4.44. The number of aromatic nitrogens is 2. The quantitative estimate of drug-likeness (QED) is 0.570. The zero-order valence-electron chi connectivity index (χ0n) is 15.2. The zero-order valence-corrected chi connectivity index (χ0v) is 16.0. The first-order chi connectivity index (χ1) is 13.9. The van der Waals surface area contributed by atoms with Crippen LogP contribution < -0.4 is 9.38 Å². The molecule has 0 bridgehead atoms. The highest BCUT2D eigenvalue weighted by molar-refractivity contribution is 7.89. The van der Waals surface area contributed by atoms with Gasteiger partial charge >= 0.3 is 7.12 Å². The van der Waals surface area contributed by atoms with Gasteiger partial charge in [0.15, 0.2) is 0 Å². The Morgan fingerprint density at radius 3 is 2.86 bits per heavy atom. The minimum absolute atomic E-state index is 0.0427. The van der Waals surface area contributed by atoms with E-state index in [1.54, 1.807) is 18.4 Å². The van der Waals surface area contributed by atoms with Crippen molar-refractivity contribution in [1.82, 2.24) is 14.7 Å². The Morgan fingerprint density at radius 2 is 2.07 bits per heavy atom. The van der Waals surface area contributed by atoms with Crippen LogP contribution in [0.1, 0.15) is 18.4 Å². The number of benzene rings is 1. The number of sulfonamides is 1. The van der Waals surface area contributed by atoms with Crippen LogP contribution in [0.15, 0.2) is 53.6 Å². The lowest BCUT2D eigenvalue weighted by Crippen LogP contribution is -2.45. The van der Waals surface area contributed by atoms with Gasteiger partial charge in [-0.3, -0.25) is 0 Å². The fourth-order valence-corrected chi connectivity index (χ4v) is 5.37. The molecule has 7 nitrogen and oxygen atoms in total. The summed E-state index contributed by atoms with van der Waals surface area (Å²) in [5.41, 5.74) is 2.49. The third kappa shape index (κ3) is 3.13. The topological polar surface area (TPSA) is 104 Å². The molecule has 1 aliphatic carbocycles. The highest BCUT2D eigenvalue weighted by atomic mass is 32.2. The van der Waals surface area contributed by atoms with Gasteiger partial charge in [0.05, 0.1) is 6.20 Å². The van der Waals surface area contributed by atoms with Gasteiger partial charge in [-0.2, -0.15) is 0 Å². The summed E-state index contributed by atoms with van der Waals surface area (Å²) < 4.78 is 46.9. The predicted octanol–water partition coefficient (Wildman–Crippen LogP) is 2.25. The first-order valence-electron chi connectivity index (χ1n) is 9.22. The van der Waals surface area contributed by atoms with Crippen molar-refractivity contribution in [3.8, 4) is 5.75 Å². The fourth-order valence-electron chi connectivity index (χ4n) is 4.03. The number of nitrogens with one attached hydrogen (secondary N) is 2. The molecule has 0 spiro atoms. The molecule has 1 aromatic carbocycles. The van der Waals surface area contributed by atoms with E-state index in [-0.39, 0.29) is 16.9 Å². The van der Waals surface area contributed by atoms with E-state index in [0.717, 1.165) is 22.6 Å². The maximum absolute atomic E-state index is 13.9. The number of hydrogen-bond acceptors (Lipinski definition) is 5. The third-order valence-electron chi connectivity index (χ3n) is 5.44. The predicted molar refractivity (Wildman–Crippen MR) is 106 cm³/mol. The van der Waals surface area contributed by atoms with Crippen molar-refractivity contribution in [3.05, 3.63) is 60.1 Å². The number of hydrogen-bond donors (Lipinski definition) is 3. The lowest BCUT2D eigenvalue weighted by molar-refractivity contribution is 0.308. The highest BCUT2D eigenvalue weighted by Gasteiger charge is 2.39. The second-order valence-corrected chi connectivity index (χ2v) is 8.97. The molecular formula is C19H17BFN3O4S. The van der Waals surface area contributed by atoms with Crippen LogP contribution in [0.2, 0.25) is 0 Å². The molecule has 29 heavy (non-hydrogen) atoms. The van der Waals surface area contributed by atoms with Crippen LogP contribution in [-0.2, 0) is 10.0 Å². The lowest BCUT2D eigenvalue weighted by atomic mass is 9.68. The molecule has 0 saturated heterocycles. The molecule has 0 amide bonds. The molecule has 2 aliphatic rings. The Balaban J connectivity index is 1.38. The van der Waals surface area contributed by atoms with Crippen LogP contribution >= 0.6 is 0 Å². The molecular weight excluding hydrogens is 396 g/mol. The fraction of sp³-hybridized carbons (Fsp3) is 0.211. The van der Waals surface area contributed by atoms with Crippen molar-refractivity contribution in [2.24, 2.45) is 5.92 Å². The lowest BCUT2D eigenvalue weighted by Gasteiger charge is -2.39. The largest absolute Gasteiger partial charge is 0.552 e. The van der Waals surface area contributed by atoms with Gasteiger partial charge in [-0.25, -0.2) is 22.5 Å². The Kier molecular flexibility index (Phi) is 4.23. The van der Waals surface area contributed by atoms with Gasteiger partial charge in [0.2, 0.25) is 10.0 Å². The zero-order chi connectivity index (χ0) is 20.2. The van der Waals surface area contributed by atoms with Crippen LogP contribution in [0.5, 0.6) is 5.75 Å². The molecule has 0 radical (unpaired) electrons. The SMILES string of the molecule is O=S(=O)(N[C@H]1C[C@@H](C2=CB(O)Oc3cnc4[nH]ccc4c32)C1)c1ccccc1F. The van der Waals surface area contributed by atoms with Crippen LogP contribution in [0.4, 0.5) is 4.39 Å². The number of aromatic amines is 1. The molecule has 2 aromatic heterocycles. The summed E-state index contributed by atoms with van der Waals surface area (Å²) in [7, 11) is -5.01. The van der Waals surface area contributed by atoms with E-state index in [2.05, 4.69) is 14.7 Å². The van der Waals surface area contributed by atoms with Crippen molar-refractivity contribution in [1.29, 1.82) is 0 Å². The Hall–Kier alpha value is -2.69. The Bertz CT molecular complexity index is 1240. The second kappa shape index (κ2) is 6.69. The summed E-state index contributed by atoms with van der Waals surface area (Å²) >= 11 is 0. The normalized spacial score (nSPS) is 21.3. The smallest absolute Gasteiger partial charge is 0.531 e. The van der Waals surface area contributed by atoms with Crippen LogP contribution in [0.3, 0.4) is 0 Å². The van der Waals surface area contributed by atoms with E-state index in [0.29, 0.717) is 24.2 Å². The van der Waals surface area contributed by atoms with E-state index in [1.165, 1.54) is 18.2 Å². The monoisotopic (exact) mass is 413 g/mol. The van der Waals surface area contributed by atoms with E-state index >= 15 is 0 Å². The van der Waals surface area contributed by atoms with Gasteiger partial charge in [0, 0.05) is 23.2 Å². The second-order valence-electron chi connectivity index (χ2n) is 7.28. The summed E-state index contributed by atoms with van der Waals surface area (Å²) in [5, 5.41) is 10.9. The van der Waals surface area contributed by atoms with Gasteiger partial charge in [0.25, 0.3) is 0 Å². The number of fused-ring (bicyclic) bond motifs is 3.